The van der Waals surface area contributed by atoms with Crippen molar-refractivity contribution in [3.05, 3.63) is 95.4 Å². The van der Waals surface area contributed by atoms with Gasteiger partial charge in [0.05, 0.1) is 22.1 Å². The number of carbonyl (C=O) groups is 2. The minimum Gasteiger partial charge on any atom is -0.493 e. The first-order valence-electron chi connectivity index (χ1n) is 10.5. The summed E-state index contributed by atoms with van der Waals surface area (Å²) >= 11 is 15.5. The van der Waals surface area contributed by atoms with Gasteiger partial charge in [0, 0.05) is 15.6 Å². The van der Waals surface area contributed by atoms with E-state index in [9.17, 15) is 9.59 Å². The van der Waals surface area contributed by atoms with E-state index in [1.54, 1.807) is 37.5 Å². The van der Waals surface area contributed by atoms with Crippen LogP contribution in [0.4, 0.5) is 4.79 Å². The number of rotatable bonds is 7. The lowest BCUT2D eigenvalue weighted by molar-refractivity contribution is -0.123. The minimum absolute atomic E-state index is 0.00699. The summed E-state index contributed by atoms with van der Waals surface area (Å²) in [6.45, 7) is 2.45. The molecule has 0 aromatic heterocycles. The lowest BCUT2D eigenvalue weighted by Crippen LogP contribution is -2.27. The Balaban J connectivity index is 1.56. The van der Waals surface area contributed by atoms with E-state index in [4.69, 9.17) is 32.7 Å². The maximum atomic E-state index is 13.0. The van der Waals surface area contributed by atoms with Crippen LogP contribution in [0.5, 0.6) is 11.5 Å². The fourth-order valence-electron chi connectivity index (χ4n) is 3.51. The third-order valence-electron chi connectivity index (χ3n) is 5.43. The van der Waals surface area contributed by atoms with Gasteiger partial charge in [0.25, 0.3) is 11.1 Å². The quantitative estimate of drug-likeness (QED) is 0.196. The van der Waals surface area contributed by atoms with E-state index in [1.807, 2.05) is 37.3 Å². The third kappa shape index (κ3) is 5.80. The first-order chi connectivity index (χ1) is 16.8. The van der Waals surface area contributed by atoms with E-state index in [-0.39, 0.29) is 11.8 Å². The molecule has 3 aromatic carbocycles. The molecule has 4 rings (SSSR count). The number of nitrogens with zero attached hydrogens (tertiary/aromatic N) is 1. The second-order valence-electron chi connectivity index (χ2n) is 7.72. The van der Waals surface area contributed by atoms with E-state index in [2.05, 4.69) is 22.6 Å². The zero-order valence-electron chi connectivity index (χ0n) is 18.8. The number of methoxy groups -OCH3 is 1. The molecule has 180 valence electrons. The molecule has 0 spiro atoms. The summed E-state index contributed by atoms with van der Waals surface area (Å²) in [7, 11) is 1.57. The molecule has 0 unspecified atom stereocenters. The Bertz CT molecular complexity index is 1320. The van der Waals surface area contributed by atoms with E-state index in [0.717, 1.165) is 36.9 Å². The molecule has 5 nitrogen and oxygen atoms in total. The molecular formula is C26H20Cl2INO4S. The molecule has 1 fully saturated rings. The molecule has 1 aliphatic heterocycles. The standard InChI is InChI=1S/C26H20Cl2INO4S/c1-15-6-3-4-7-17(15)14-34-24-21(29)10-16(11-22(24)33-2)12-23-25(31)30(26(32)35-23)13-18-19(27)8-5-9-20(18)28/h3-12H,13-14H2,1-2H3/b23-12-. The first kappa shape index (κ1) is 25.9. The van der Waals surface area contributed by atoms with Gasteiger partial charge in [-0.15, -0.1) is 0 Å². The van der Waals surface area contributed by atoms with Gasteiger partial charge in [-0.25, -0.2) is 0 Å². The molecule has 9 heteroatoms. The number of carbonyl (C=O) groups excluding carboxylic acids is 2. The molecule has 35 heavy (non-hydrogen) atoms. The fraction of sp³-hybridized carbons (Fsp3) is 0.154. The van der Waals surface area contributed by atoms with Gasteiger partial charge in [-0.3, -0.25) is 14.5 Å². The second-order valence-corrected chi connectivity index (χ2v) is 10.7. The number of benzene rings is 3. The average molecular weight is 640 g/mol. The first-order valence-corrected chi connectivity index (χ1v) is 13.2. The maximum Gasteiger partial charge on any atom is 0.293 e. The van der Waals surface area contributed by atoms with Gasteiger partial charge >= 0.3 is 0 Å². The van der Waals surface area contributed by atoms with Gasteiger partial charge < -0.3 is 9.47 Å². The summed E-state index contributed by atoms with van der Waals surface area (Å²) in [6.07, 6.45) is 1.68. The van der Waals surface area contributed by atoms with Crippen molar-refractivity contribution in [2.24, 2.45) is 0 Å². The van der Waals surface area contributed by atoms with E-state index < -0.39 is 5.91 Å². The number of ether oxygens (including phenoxy) is 2. The lowest BCUT2D eigenvalue weighted by Gasteiger charge is -2.15. The molecule has 0 radical (unpaired) electrons. The Hall–Kier alpha value is -2.20. The highest BCUT2D eigenvalue weighted by molar-refractivity contribution is 14.1. The number of halogens is 3. The summed E-state index contributed by atoms with van der Waals surface area (Å²) in [4.78, 5) is 27.1. The van der Waals surface area contributed by atoms with Crippen molar-refractivity contribution in [1.82, 2.24) is 4.90 Å². The SMILES string of the molecule is COc1cc(/C=C2\SC(=O)N(Cc3c(Cl)cccc3Cl)C2=O)cc(I)c1OCc1ccccc1C. The number of hydrogen-bond acceptors (Lipinski definition) is 5. The van der Waals surface area contributed by atoms with Crippen molar-refractivity contribution >= 4 is 74.8 Å². The molecule has 3 aromatic rings. The normalized spacial score (nSPS) is 14.7. The Morgan fingerprint density at radius 2 is 1.77 bits per heavy atom. The molecule has 0 N–H and O–H groups in total. The Labute approximate surface area is 231 Å². The summed E-state index contributed by atoms with van der Waals surface area (Å²) in [5.41, 5.74) is 3.48. The summed E-state index contributed by atoms with van der Waals surface area (Å²) in [5.74, 6) is 0.763. The van der Waals surface area contributed by atoms with Crippen LogP contribution in [0.1, 0.15) is 22.3 Å². The largest absolute Gasteiger partial charge is 0.493 e. The number of aryl methyl sites for hydroxylation is 1. The van der Waals surface area contributed by atoms with Crippen molar-refractivity contribution in [2.45, 2.75) is 20.1 Å². The zero-order chi connectivity index (χ0) is 25.1. The number of amides is 2. The summed E-state index contributed by atoms with van der Waals surface area (Å²) < 4.78 is 12.5. The summed E-state index contributed by atoms with van der Waals surface area (Å²) in [5, 5.41) is 0.430. The van der Waals surface area contributed by atoms with Gasteiger partial charge in [0.2, 0.25) is 0 Å². The van der Waals surface area contributed by atoms with Crippen LogP contribution in [0.25, 0.3) is 6.08 Å². The van der Waals surface area contributed by atoms with E-state index >= 15 is 0 Å². The number of hydrogen-bond donors (Lipinski definition) is 0. The van der Waals surface area contributed by atoms with Crippen LogP contribution in [0, 0.1) is 10.5 Å². The molecule has 0 aliphatic carbocycles. The van der Waals surface area contributed by atoms with Crippen molar-refractivity contribution in [1.29, 1.82) is 0 Å². The number of imide groups is 1. The molecule has 0 bridgehead atoms. The molecule has 1 aliphatic rings. The molecule has 0 saturated carbocycles. The van der Waals surface area contributed by atoms with Crippen LogP contribution in [0.3, 0.4) is 0 Å². The minimum atomic E-state index is -0.398. The van der Waals surface area contributed by atoms with Gasteiger partial charge in [-0.05, 0) is 88.3 Å². The number of thioether (sulfide) groups is 1. The van der Waals surface area contributed by atoms with Crippen LogP contribution in [0.15, 0.2) is 59.5 Å². The Morgan fingerprint density at radius 3 is 2.46 bits per heavy atom. The highest BCUT2D eigenvalue weighted by Gasteiger charge is 2.35. The Morgan fingerprint density at radius 1 is 1.06 bits per heavy atom. The fourth-order valence-corrected chi connectivity index (χ4v) is 5.65. The van der Waals surface area contributed by atoms with E-state index in [1.165, 1.54) is 0 Å². The van der Waals surface area contributed by atoms with Gasteiger partial charge in [-0.1, -0.05) is 53.5 Å². The predicted octanol–water partition coefficient (Wildman–Crippen LogP) is 7.73. The topological polar surface area (TPSA) is 55.8 Å². The molecule has 0 atom stereocenters. The zero-order valence-corrected chi connectivity index (χ0v) is 23.3. The summed E-state index contributed by atoms with van der Waals surface area (Å²) in [6, 6.07) is 16.8. The second kappa shape index (κ2) is 11.2. The lowest BCUT2D eigenvalue weighted by atomic mass is 10.1. The average Bonchev–Trinajstić information content (AvgIpc) is 3.08. The van der Waals surface area contributed by atoms with Gasteiger partial charge in [0.15, 0.2) is 11.5 Å². The van der Waals surface area contributed by atoms with Crippen molar-refractivity contribution in [3.8, 4) is 11.5 Å². The van der Waals surface area contributed by atoms with Crippen LogP contribution >= 0.6 is 57.6 Å². The van der Waals surface area contributed by atoms with Crippen molar-refractivity contribution in [2.75, 3.05) is 7.11 Å². The third-order valence-corrected chi connectivity index (χ3v) is 7.85. The Kier molecular flexibility index (Phi) is 8.31. The van der Waals surface area contributed by atoms with E-state index in [0.29, 0.717) is 38.6 Å². The van der Waals surface area contributed by atoms with Crippen molar-refractivity contribution < 1.29 is 19.1 Å². The molecule has 2 amide bonds. The molecular weight excluding hydrogens is 620 g/mol. The van der Waals surface area contributed by atoms with Crippen LogP contribution in [0.2, 0.25) is 10.0 Å². The highest BCUT2D eigenvalue weighted by atomic mass is 127. The van der Waals surface area contributed by atoms with Crippen LogP contribution in [-0.2, 0) is 17.9 Å². The molecule has 1 saturated heterocycles. The predicted molar refractivity (Wildman–Crippen MR) is 149 cm³/mol. The highest BCUT2D eigenvalue weighted by Crippen LogP contribution is 2.39. The molecule has 1 heterocycles. The maximum absolute atomic E-state index is 13.0. The van der Waals surface area contributed by atoms with Gasteiger partial charge in [-0.2, -0.15) is 0 Å². The van der Waals surface area contributed by atoms with Crippen LogP contribution < -0.4 is 9.47 Å². The monoisotopic (exact) mass is 639 g/mol. The van der Waals surface area contributed by atoms with Gasteiger partial charge in [0.1, 0.15) is 6.61 Å². The van der Waals surface area contributed by atoms with Crippen LogP contribution in [-0.4, -0.2) is 23.2 Å². The van der Waals surface area contributed by atoms with Crippen molar-refractivity contribution in [3.63, 3.8) is 0 Å². The smallest absolute Gasteiger partial charge is 0.293 e.